The molecule has 3 nitrogen and oxygen atoms in total. The number of halogens is 1. The highest BCUT2D eigenvalue weighted by molar-refractivity contribution is 5.23. The fourth-order valence-corrected chi connectivity index (χ4v) is 3.00. The second-order valence-electron chi connectivity index (χ2n) is 5.01. The molecule has 0 spiro atoms. The van der Waals surface area contributed by atoms with E-state index in [2.05, 4.69) is 0 Å². The van der Waals surface area contributed by atoms with Crippen molar-refractivity contribution in [2.24, 2.45) is 11.8 Å². The first-order valence-electron chi connectivity index (χ1n) is 6.32. The molecule has 2 rings (SSSR count). The van der Waals surface area contributed by atoms with Crippen molar-refractivity contribution in [3.8, 4) is 0 Å². The quantitative estimate of drug-likeness (QED) is 0.761. The lowest BCUT2D eigenvalue weighted by atomic mass is 9.68. The van der Waals surface area contributed by atoms with Crippen LogP contribution >= 0.6 is 0 Å². The van der Waals surface area contributed by atoms with Crippen LogP contribution in [0.2, 0.25) is 0 Å². The van der Waals surface area contributed by atoms with Crippen LogP contribution in [-0.4, -0.2) is 34.6 Å². The van der Waals surface area contributed by atoms with Crippen LogP contribution in [0.25, 0.3) is 0 Å². The molecule has 18 heavy (non-hydrogen) atoms. The van der Waals surface area contributed by atoms with Gasteiger partial charge in [-0.05, 0) is 42.4 Å². The van der Waals surface area contributed by atoms with Gasteiger partial charge >= 0.3 is 0 Å². The first-order valence-corrected chi connectivity index (χ1v) is 6.32. The molecule has 1 aliphatic rings. The molecular formula is C14H19FO3. The minimum Gasteiger partial charge on any atom is -0.396 e. The van der Waals surface area contributed by atoms with E-state index >= 15 is 0 Å². The van der Waals surface area contributed by atoms with Crippen molar-refractivity contribution in [1.82, 2.24) is 0 Å². The third-order valence-electron chi connectivity index (χ3n) is 4.01. The summed E-state index contributed by atoms with van der Waals surface area (Å²) in [5, 5.41) is 29.0. The number of aliphatic hydroxyl groups is 3. The van der Waals surface area contributed by atoms with Gasteiger partial charge in [0.2, 0.25) is 0 Å². The minimum atomic E-state index is -0.546. The molecule has 3 N–H and O–H groups in total. The predicted molar refractivity (Wildman–Crippen MR) is 65.5 cm³/mol. The fraction of sp³-hybridized carbons (Fsp3) is 0.571. The summed E-state index contributed by atoms with van der Waals surface area (Å²) < 4.78 is 12.9. The molecule has 1 aromatic carbocycles. The average molecular weight is 254 g/mol. The van der Waals surface area contributed by atoms with Crippen LogP contribution in [0.5, 0.6) is 0 Å². The predicted octanol–water partition coefficient (Wildman–Crippen LogP) is 1.28. The van der Waals surface area contributed by atoms with Gasteiger partial charge in [0.25, 0.3) is 0 Å². The van der Waals surface area contributed by atoms with E-state index in [-0.39, 0.29) is 36.8 Å². The van der Waals surface area contributed by atoms with E-state index in [0.717, 1.165) is 5.56 Å². The van der Waals surface area contributed by atoms with E-state index in [0.29, 0.717) is 12.8 Å². The van der Waals surface area contributed by atoms with Gasteiger partial charge in [0.1, 0.15) is 5.82 Å². The van der Waals surface area contributed by atoms with Gasteiger partial charge in [0, 0.05) is 19.1 Å². The van der Waals surface area contributed by atoms with Gasteiger partial charge < -0.3 is 15.3 Å². The zero-order chi connectivity index (χ0) is 13.1. The van der Waals surface area contributed by atoms with E-state index in [4.69, 9.17) is 0 Å². The summed E-state index contributed by atoms with van der Waals surface area (Å²) in [6.07, 6.45) is 0.764. The Morgan fingerprint density at radius 1 is 1.06 bits per heavy atom. The van der Waals surface area contributed by atoms with Crippen molar-refractivity contribution < 1.29 is 19.7 Å². The Hall–Kier alpha value is -0.970. The molecule has 0 bridgehead atoms. The minimum absolute atomic E-state index is 0.00606. The Morgan fingerprint density at radius 2 is 1.72 bits per heavy atom. The molecule has 1 aliphatic carbocycles. The summed E-state index contributed by atoms with van der Waals surface area (Å²) in [6, 6.07) is 6.01. The molecular weight excluding hydrogens is 235 g/mol. The van der Waals surface area contributed by atoms with Crippen molar-refractivity contribution in [3.05, 3.63) is 35.6 Å². The molecule has 0 aliphatic heterocycles. The highest BCUT2D eigenvalue weighted by Crippen LogP contribution is 2.41. The van der Waals surface area contributed by atoms with Crippen LogP contribution in [0.1, 0.15) is 24.3 Å². The largest absolute Gasteiger partial charge is 0.396 e. The summed E-state index contributed by atoms with van der Waals surface area (Å²) >= 11 is 0. The Balaban J connectivity index is 2.28. The molecule has 0 aromatic heterocycles. The Labute approximate surface area is 106 Å². The molecule has 4 atom stereocenters. The Kier molecular flexibility index (Phi) is 4.32. The highest BCUT2D eigenvalue weighted by atomic mass is 19.1. The summed E-state index contributed by atoms with van der Waals surface area (Å²) in [6.45, 7) is -0.0695. The second kappa shape index (κ2) is 5.78. The van der Waals surface area contributed by atoms with Crippen LogP contribution in [0.15, 0.2) is 24.3 Å². The number of hydrogen-bond acceptors (Lipinski definition) is 3. The van der Waals surface area contributed by atoms with E-state index in [1.54, 1.807) is 12.1 Å². The zero-order valence-electron chi connectivity index (χ0n) is 10.2. The van der Waals surface area contributed by atoms with Crippen molar-refractivity contribution in [1.29, 1.82) is 0 Å². The lowest BCUT2D eigenvalue weighted by Crippen LogP contribution is -2.39. The zero-order valence-corrected chi connectivity index (χ0v) is 10.2. The van der Waals surface area contributed by atoms with Gasteiger partial charge in [0.05, 0.1) is 6.10 Å². The Morgan fingerprint density at radius 3 is 2.28 bits per heavy atom. The van der Waals surface area contributed by atoms with Crippen LogP contribution in [0.3, 0.4) is 0 Å². The van der Waals surface area contributed by atoms with E-state index in [1.165, 1.54) is 12.1 Å². The maximum atomic E-state index is 12.9. The number of aliphatic hydroxyl groups excluding tert-OH is 3. The third kappa shape index (κ3) is 2.55. The first kappa shape index (κ1) is 13.5. The van der Waals surface area contributed by atoms with Gasteiger partial charge in [-0.15, -0.1) is 0 Å². The molecule has 1 fully saturated rings. The van der Waals surface area contributed by atoms with E-state index in [1.807, 2.05) is 0 Å². The van der Waals surface area contributed by atoms with Crippen LogP contribution in [-0.2, 0) is 0 Å². The standard InChI is InChI=1S/C14H19FO3/c15-11-4-1-9(2-5-11)14-12(8-17)10(7-16)3-6-13(14)18/h1-2,4-5,10,12-14,16-18H,3,6-8H2/t10-,12-,13+,14+/m1/s1. The van der Waals surface area contributed by atoms with Crippen LogP contribution < -0.4 is 0 Å². The Bertz CT molecular complexity index is 379. The summed E-state index contributed by atoms with van der Waals surface area (Å²) in [7, 11) is 0. The number of benzene rings is 1. The molecule has 4 heteroatoms. The summed E-state index contributed by atoms with van der Waals surface area (Å²) in [5.41, 5.74) is 0.820. The normalized spacial score (nSPS) is 32.4. The van der Waals surface area contributed by atoms with Crippen molar-refractivity contribution in [2.75, 3.05) is 13.2 Å². The van der Waals surface area contributed by atoms with Gasteiger partial charge in [-0.2, -0.15) is 0 Å². The van der Waals surface area contributed by atoms with Crippen LogP contribution in [0.4, 0.5) is 4.39 Å². The number of hydrogen-bond donors (Lipinski definition) is 3. The van der Waals surface area contributed by atoms with E-state index < -0.39 is 6.10 Å². The summed E-state index contributed by atoms with van der Waals surface area (Å²) in [4.78, 5) is 0. The molecule has 100 valence electrons. The van der Waals surface area contributed by atoms with Crippen LogP contribution in [0, 0.1) is 17.7 Å². The number of rotatable bonds is 3. The van der Waals surface area contributed by atoms with E-state index in [9.17, 15) is 19.7 Å². The lowest BCUT2D eigenvalue weighted by molar-refractivity contribution is -0.00267. The second-order valence-corrected chi connectivity index (χ2v) is 5.01. The van der Waals surface area contributed by atoms with Crippen molar-refractivity contribution in [3.63, 3.8) is 0 Å². The molecule has 0 radical (unpaired) electrons. The van der Waals surface area contributed by atoms with Crippen molar-refractivity contribution in [2.45, 2.75) is 24.9 Å². The smallest absolute Gasteiger partial charge is 0.123 e. The SMILES string of the molecule is OC[C@H]1CC[C@H](O)[C@@H](c2ccc(F)cc2)[C@@H]1CO. The van der Waals surface area contributed by atoms with Gasteiger partial charge in [0.15, 0.2) is 0 Å². The first-order chi connectivity index (χ1) is 8.67. The van der Waals surface area contributed by atoms with Gasteiger partial charge in [-0.25, -0.2) is 4.39 Å². The maximum absolute atomic E-state index is 12.9. The van der Waals surface area contributed by atoms with Crippen molar-refractivity contribution >= 4 is 0 Å². The highest BCUT2D eigenvalue weighted by Gasteiger charge is 2.38. The summed E-state index contributed by atoms with van der Waals surface area (Å²) in [5.74, 6) is -0.734. The topological polar surface area (TPSA) is 60.7 Å². The molecule has 0 unspecified atom stereocenters. The molecule has 0 saturated heterocycles. The average Bonchev–Trinajstić information content (AvgIpc) is 2.39. The monoisotopic (exact) mass is 254 g/mol. The molecule has 1 aromatic rings. The third-order valence-corrected chi connectivity index (χ3v) is 4.01. The fourth-order valence-electron chi connectivity index (χ4n) is 3.00. The molecule has 0 amide bonds. The van der Waals surface area contributed by atoms with Gasteiger partial charge in [-0.1, -0.05) is 12.1 Å². The molecule has 1 saturated carbocycles. The van der Waals surface area contributed by atoms with Gasteiger partial charge in [-0.3, -0.25) is 0 Å². The maximum Gasteiger partial charge on any atom is 0.123 e. The lowest BCUT2D eigenvalue weighted by Gasteiger charge is -2.40. The molecule has 0 heterocycles.